The summed E-state index contributed by atoms with van der Waals surface area (Å²) in [6.45, 7) is 4.39. The van der Waals surface area contributed by atoms with E-state index < -0.39 is 0 Å². The first-order valence-electron chi connectivity index (χ1n) is 5.11. The molecule has 0 aliphatic heterocycles. The summed E-state index contributed by atoms with van der Waals surface area (Å²) in [5.74, 6) is -0.0785. The molecule has 1 aromatic heterocycles. The van der Waals surface area contributed by atoms with Crippen molar-refractivity contribution in [2.75, 3.05) is 0 Å². The molecule has 1 heterocycles. The fourth-order valence-electron chi connectivity index (χ4n) is 1.33. The van der Waals surface area contributed by atoms with Crippen LogP contribution < -0.4 is 5.32 Å². The Hall–Kier alpha value is -1.64. The summed E-state index contributed by atoms with van der Waals surface area (Å²) >= 11 is 0. The number of carbonyl (C=O) groups excluding carboxylic acids is 1. The fourth-order valence-corrected chi connectivity index (χ4v) is 1.33. The first-order chi connectivity index (χ1) is 7.27. The lowest BCUT2D eigenvalue weighted by atomic mass is 10.1. The Morgan fingerprint density at radius 3 is 3.07 bits per heavy atom. The topological polar surface area (TPSA) is 42.0 Å². The van der Waals surface area contributed by atoms with Gasteiger partial charge in [0.25, 0.3) is 0 Å². The van der Waals surface area contributed by atoms with Gasteiger partial charge in [0, 0.05) is 6.20 Å². The van der Waals surface area contributed by atoms with E-state index in [1.807, 2.05) is 19.1 Å². The molecule has 80 valence electrons. The van der Waals surface area contributed by atoms with Gasteiger partial charge in [0.1, 0.15) is 0 Å². The Kier molecular flexibility index (Phi) is 4.54. The highest BCUT2D eigenvalue weighted by Crippen LogP contribution is 2.05. The van der Waals surface area contributed by atoms with E-state index in [9.17, 15) is 4.79 Å². The molecule has 0 atom stereocenters. The van der Waals surface area contributed by atoms with Gasteiger partial charge >= 0.3 is 0 Å². The molecule has 3 nitrogen and oxygen atoms in total. The molecule has 0 fully saturated rings. The number of nitrogens with one attached hydrogen (secondary N) is 1. The zero-order valence-corrected chi connectivity index (χ0v) is 9.16. The van der Waals surface area contributed by atoms with Gasteiger partial charge in [-0.3, -0.25) is 9.78 Å². The minimum absolute atomic E-state index is 0.0785. The van der Waals surface area contributed by atoms with Gasteiger partial charge < -0.3 is 5.32 Å². The van der Waals surface area contributed by atoms with Gasteiger partial charge in [0.15, 0.2) is 0 Å². The largest absolute Gasteiger partial charge is 0.347 e. The summed E-state index contributed by atoms with van der Waals surface area (Å²) in [6.07, 6.45) is 5.90. The second-order valence-corrected chi connectivity index (χ2v) is 3.18. The Bertz CT molecular complexity index is 358. The second kappa shape index (κ2) is 5.96. The van der Waals surface area contributed by atoms with Crippen LogP contribution in [0, 0.1) is 0 Å². The molecule has 3 heteroatoms. The second-order valence-electron chi connectivity index (χ2n) is 3.18. The summed E-state index contributed by atoms with van der Waals surface area (Å²) in [5, 5.41) is 2.79. The average molecular weight is 204 g/mol. The minimum Gasteiger partial charge on any atom is -0.347 e. The Labute approximate surface area is 90.2 Å². The zero-order chi connectivity index (χ0) is 11.1. The minimum atomic E-state index is -0.0785. The van der Waals surface area contributed by atoms with E-state index in [4.69, 9.17) is 0 Å². The van der Waals surface area contributed by atoms with Gasteiger partial charge in [-0.1, -0.05) is 19.1 Å². The number of amides is 1. The van der Waals surface area contributed by atoms with Gasteiger partial charge in [-0.15, -0.1) is 0 Å². The van der Waals surface area contributed by atoms with Gasteiger partial charge in [-0.05, 0) is 31.1 Å². The van der Waals surface area contributed by atoms with Crippen molar-refractivity contribution in [1.29, 1.82) is 0 Å². The standard InChI is InChI=1S/C12H16N2O/c1-3-6-12(15)14-9-11-10(4-2)7-5-8-13-11/h3,5-8H,4,9H2,1-2H3,(H,14,15)/b6-3+. The zero-order valence-electron chi connectivity index (χ0n) is 9.16. The molecule has 0 bridgehead atoms. The van der Waals surface area contributed by atoms with Crippen molar-refractivity contribution in [2.45, 2.75) is 26.8 Å². The molecule has 0 aliphatic carbocycles. The molecule has 0 radical (unpaired) electrons. The molecular weight excluding hydrogens is 188 g/mol. The third-order valence-corrected chi connectivity index (χ3v) is 2.11. The van der Waals surface area contributed by atoms with Crippen LogP contribution in [-0.2, 0) is 17.8 Å². The highest BCUT2D eigenvalue weighted by molar-refractivity contribution is 5.87. The first kappa shape index (κ1) is 11.4. The Morgan fingerprint density at radius 2 is 2.40 bits per heavy atom. The van der Waals surface area contributed by atoms with E-state index in [1.54, 1.807) is 12.3 Å². The van der Waals surface area contributed by atoms with Crippen LogP contribution >= 0.6 is 0 Å². The fraction of sp³-hybridized carbons (Fsp3) is 0.333. The smallest absolute Gasteiger partial charge is 0.243 e. The predicted octanol–water partition coefficient (Wildman–Crippen LogP) is 1.84. The van der Waals surface area contributed by atoms with E-state index >= 15 is 0 Å². The van der Waals surface area contributed by atoms with E-state index in [0.717, 1.165) is 12.1 Å². The van der Waals surface area contributed by atoms with Gasteiger partial charge in [0.2, 0.25) is 5.91 Å². The molecule has 0 spiro atoms. The first-order valence-corrected chi connectivity index (χ1v) is 5.11. The van der Waals surface area contributed by atoms with Gasteiger partial charge in [0.05, 0.1) is 12.2 Å². The molecule has 1 aromatic rings. The van der Waals surface area contributed by atoms with Crippen LogP contribution in [0.3, 0.4) is 0 Å². The lowest BCUT2D eigenvalue weighted by molar-refractivity contribution is -0.116. The number of rotatable bonds is 4. The van der Waals surface area contributed by atoms with E-state index in [0.29, 0.717) is 6.54 Å². The van der Waals surface area contributed by atoms with Crippen molar-refractivity contribution in [3.8, 4) is 0 Å². The number of aromatic nitrogens is 1. The molecule has 0 aromatic carbocycles. The Morgan fingerprint density at radius 1 is 1.60 bits per heavy atom. The van der Waals surface area contributed by atoms with Crippen LogP contribution in [0.25, 0.3) is 0 Å². The number of hydrogen-bond acceptors (Lipinski definition) is 2. The van der Waals surface area contributed by atoms with E-state index in [-0.39, 0.29) is 5.91 Å². The van der Waals surface area contributed by atoms with Crippen molar-refractivity contribution in [3.63, 3.8) is 0 Å². The van der Waals surface area contributed by atoms with Crippen molar-refractivity contribution in [1.82, 2.24) is 10.3 Å². The molecule has 0 saturated heterocycles. The highest BCUT2D eigenvalue weighted by atomic mass is 16.1. The summed E-state index contributed by atoms with van der Waals surface area (Å²) in [4.78, 5) is 15.4. The number of carbonyl (C=O) groups is 1. The summed E-state index contributed by atoms with van der Waals surface area (Å²) in [7, 11) is 0. The summed E-state index contributed by atoms with van der Waals surface area (Å²) in [6, 6.07) is 3.94. The van der Waals surface area contributed by atoms with Crippen LogP contribution in [0.5, 0.6) is 0 Å². The highest BCUT2D eigenvalue weighted by Gasteiger charge is 2.02. The lowest BCUT2D eigenvalue weighted by Crippen LogP contribution is -2.21. The van der Waals surface area contributed by atoms with E-state index in [2.05, 4.69) is 17.2 Å². The molecule has 15 heavy (non-hydrogen) atoms. The third-order valence-electron chi connectivity index (χ3n) is 2.11. The van der Waals surface area contributed by atoms with E-state index in [1.165, 1.54) is 11.6 Å². The van der Waals surface area contributed by atoms with Crippen molar-refractivity contribution < 1.29 is 4.79 Å². The molecule has 1 N–H and O–H groups in total. The van der Waals surface area contributed by atoms with Crippen molar-refractivity contribution in [2.24, 2.45) is 0 Å². The van der Waals surface area contributed by atoms with Crippen LogP contribution in [0.15, 0.2) is 30.5 Å². The predicted molar refractivity (Wildman–Crippen MR) is 60.3 cm³/mol. The molecule has 1 amide bonds. The third kappa shape index (κ3) is 3.54. The average Bonchev–Trinajstić information content (AvgIpc) is 2.27. The number of aryl methyl sites for hydroxylation is 1. The molecule has 0 unspecified atom stereocenters. The Balaban J connectivity index is 2.60. The van der Waals surface area contributed by atoms with Gasteiger partial charge in [-0.25, -0.2) is 0 Å². The van der Waals surface area contributed by atoms with Crippen LogP contribution in [0.2, 0.25) is 0 Å². The summed E-state index contributed by atoms with van der Waals surface area (Å²) < 4.78 is 0. The van der Waals surface area contributed by atoms with Crippen LogP contribution in [0.4, 0.5) is 0 Å². The van der Waals surface area contributed by atoms with Gasteiger partial charge in [-0.2, -0.15) is 0 Å². The van der Waals surface area contributed by atoms with Crippen molar-refractivity contribution in [3.05, 3.63) is 41.7 Å². The number of nitrogens with zero attached hydrogens (tertiary/aromatic N) is 1. The molecule has 1 rings (SSSR count). The van der Waals surface area contributed by atoms with Crippen LogP contribution in [-0.4, -0.2) is 10.9 Å². The van der Waals surface area contributed by atoms with Crippen LogP contribution in [0.1, 0.15) is 25.1 Å². The monoisotopic (exact) mass is 204 g/mol. The maximum atomic E-state index is 11.2. The lowest BCUT2D eigenvalue weighted by Gasteiger charge is -2.06. The maximum Gasteiger partial charge on any atom is 0.243 e. The summed E-state index contributed by atoms with van der Waals surface area (Å²) in [5.41, 5.74) is 2.12. The maximum absolute atomic E-state index is 11.2. The molecule has 0 saturated carbocycles. The number of pyridine rings is 1. The number of hydrogen-bond donors (Lipinski definition) is 1. The molecular formula is C12H16N2O. The normalized spacial score (nSPS) is 10.5. The quantitative estimate of drug-likeness (QED) is 0.760. The molecule has 0 aliphatic rings. The number of allylic oxidation sites excluding steroid dienone is 1. The van der Waals surface area contributed by atoms with Crippen molar-refractivity contribution >= 4 is 5.91 Å². The SMILES string of the molecule is C/C=C/C(=O)NCc1ncccc1CC.